The monoisotopic (exact) mass is 282 g/mol. The van der Waals surface area contributed by atoms with Gasteiger partial charge in [-0.15, -0.1) is 0 Å². The van der Waals surface area contributed by atoms with Gasteiger partial charge in [-0.3, -0.25) is 0 Å². The maximum Gasteiger partial charge on any atom is 0.243 e. The van der Waals surface area contributed by atoms with Crippen molar-refractivity contribution in [2.75, 3.05) is 13.6 Å². The highest BCUT2D eigenvalue weighted by molar-refractivity contribution is 7.89. The summed E-state index contributed by atoms with van der Waals surface area (Å²) in [6.07, 6.45) is 2.96. The molecule has 1 aromatic carbocycles. The van der Waals surface area contributed by atoms with Crippen molar-refractivity contribution in [3.8, 4) is 0 Å². The molecule has 0 radical (unpaired) electrons. The molecule has 0 saturated carbocycles. The summed E-state index contributed by atoms with van der Waals surface area (Å²) in [5.74, 6) is 0. The van der Waals surface area contributed by atoms with E-state index >= 15 is 0 Å². The summed E-state index contributed by atoms with van der Waals surface area (Å²) in [5.41, 5.74) is 0. The van der Waals surface area contributed by atoms with Gasteiger partial charge in [-0.05, 0) is 38.9 Å². The van der Waals surface area contributed by atoms with Crippen molar-refractivity contribution in [2.24, 2.45) is 0 Å². The molecular weight excluding hydrogens is 260 g/mol. The summed E-state index contributed by atoms with van der Waals surface area (Å²) < 4.78 is 27.1. The number of nitrogens with zero attached hydrogens (tertiary/aromatic N) is 1. The van der Waals surface area contributed by atoms with E-state index in [4.69, 9.17) is 0 Å². The Balaban J connectivity index is 2.32. The van der Waals surface area contributed by atoms with Crippen molar-refractivity contribution in [3.05, 3.63) is 30.3 Å². The molecule has 1 heterocycles. The van der Waals surface area contributed by atoms with Crippen LogP contribution in [0.5, 0.6) is 0 Å². The van der Waals surface area contributed by atoms with Crippen LogP contribution in [0.4, 0.5) is 0 Å². The summed E-state index contributed by atoms with van der Waals surface area (Å²) in [6, 6.07) is 8.93. The number of hydrogen-bond donors (Lipinski definition) is 1. The van der Waals surface area contributed by atoms with Crippen LogP contribution in [0.25, 0.3) is 0 Å². The Morgan fingerprint density at radius 3 is 2.58 bits per heavy atom. The zero-order valence-electron chi connectivity index (χ0n) is 11.5. The molecule has 106 valence electrons. The second kappa shape index (κ2) is 6.03. The molecule has 2 atom stereocenters. The summed E-state index contributed by atoms with van der Waals surface area (Å²) in [7, 11) is -1.49. The minimum atomic E-state index is -3.37. The summed E-state index contributed by atoms with van der Waals surface area (Å²) >= 11 is 0. The zero-order chi connectivity index (χ0) is 13.9. The second-order valence-electron chi connectivity index (χ2n) is 5.07. The van der Waals surface area contributed by atoms with Gasteiger partial charge in [0.1, 0.15) is 0 Å². The first kappa shape index (κ1) is 14.5. The molecule has 2 rings (SSSR count). The second-order valence-corrected chi connectivity index (χ2v) is 6.96. The highest BCUT2D eigenvalue weighted by Gasteiger charge is 2.35. The molecule has 2 unspecified atom stereocenters. The molecule has 0 bridgehead atoms. The Kier molecular flexibility index (Phi) is 4.60. The highest BCUT2D eigenvalue weighted by atomic mass is 32.2. The number of benzene rings is 1. The largest absolute Gasteiger partial charge is 0.316 e. The molecule has 0 aliphatic carbocycles. The SMILES string of the molecule is CNC(C)C1CCCCN1S(=O)(=O)c1ccccc1. The van der Waals surface area contributed by atoms with E-state index in [1.54, 1.807) is 28.6 Å². The minimum Gasteiger partial charge on any atom is -0.316 e. The van der Waals surface area contributed by atoms with Gasteiger partial charge in [0.15, 0.2) is 0 Å². The van der Waals surface area contributed by atoms with Crippen LogP contribution in [0.3, 0.4) is 0 Å². The summed E-state index contributed by atoms with van der Waals surface area (Å²) in [4.78, 5) is 0.394. The number of piperidine rings is 1. The lowest BCUT2D eigenvalue weighted by molar-refractivity contribution is 0.213. The third kappa shape index (κ3) is 2.99. The molecule has 5 heteroatoms. The predicted molar refractivity (Wildman–Crippen MR) is 76.5 cm³/mol. The van der Waals surface area contributed by atoms with E-state index in [9.17, 15) is 8.42 Å². The fourth-order valence-corrected chi connectivity index (χ4v) is 4.43. The average molecular weight is 282 g/mol. The number of nitrogens with one attached hydrogen (secondary N) is 1. The molecule has 1 aliphatic rings. The summed E-state index contributed by atoms with van der Waals surface area (Å²) in [5, 5.41) is 3.18. The van der Waals surface area contributed by atoms with E-state index in [2.05, 4.69) is 5.32 Å². The van der Waals surface area contributed by atoms with Gasteiger partial charge in [0.25, 0.3) is 0 Å². The molecule has 1 saturated heterocycles. The average Bonchev–Trinajstić information content (AvgIpc) is 2.47. The van der Waals surface area contributed by atoms with E-state index in [1.165, 1.54) is 0 Å². The van der Waals surface area contributed by atoms with Crippen molar-refractivity contribution >= 4 is 10.0 Å². The van der Waals surface area contributed by atoms with E-state index in [0.29, 0.717) is 11.4 Å². The Morgan fingerprint density at radius 2 is 1.95 bits per heavy atom. The van der Waals surface area contributed by atoms with E-state index < -0.39 is 10.0 Å². The third-order valence-corrected chi connectivity index (χ3v) is 5.82. The van der Waals surface area contributed by atoms with Crippen LogP contribution in [0.1, 0.15) is 26.2 Å². The van der Waals surface area contributed by atoms with Crippen LogP contribution in [-0.2, 0) is 10.0 Å². The first-order valence-electron chi connectivity index (χ1n) is 6.81. The lowest BCUT2D eigenvalue weighted by Gasteiger charge is -2.38. The highest BCUT2D eigenvalue weighted by Crippen LogP contribution is 2.26. The normalized spacial score (nSPS) is 23.2. The molecule has 0 aromatic heterocycles. The Hall–Kier alpha value is -0.910. The standard InChI is InChI=1S/C14H22N2O2S/c1-12(15-2)14-10-6-7-11-16(14)19(17,18)13-8-4-3-5-9-13/h3-5,8-9,12,14-15H,6-7,10-11H2,1-2H3. The molecule has 0 amide bonds. The van der Waals surface area contributed by atoms with E-state index in [0.717, 1.165) is 19.3 Å². The van der Waals surface area contributed by atoms with Gasteiger partial charge in [-0.25, -0.2) is 8.42 Å². The van der Waals surface area contributed by atoms with Gasteiger partial charge in [0.2, 0.25) is 10.0 Å². The van der Waals surface area contributed by atoms with Crippen LogP contribution in [-0.4, -0.2) is 38.4 Å². The Bertz CT molecular complexity index is 501. The van der Waals surface area contributed by atoms with E-state index in [1.807, 2.05) is 20.0 Å². The van der Waals surface area contributed by atoms with Crippen molar-refractivity contribution < 1.29 is 8.42 Å². The first-order chi connectivity index (χ1) is 9.07. The van der Waals surface area contributed by atoms with Crippen LogP contribution < -0.4 is 5.32 Å². The van der Waals surface area contributed by atoms with Gasteiger partial charge >= 0.3 is 0 Å². The van der Waals surface area contributed by atoms with E-state index in [-0.39, 0.29) is 12.1 Å². The number of sulfonamides is 1. The van der Waals surface area contributed by atoms with Crippen LogP contribution in [0.15, 0.2) is 35.2 Å². The quantitative estimate of drug-likeness (QED) is 0.916. The molecule has 0 spiro atoms. The molecular formula is C14H22N2O2S. The van der Waals surface area contributed by atoms with Crippen molar-refractivity contribution in [3.63, 3.8) is 0 Å². The molecule has 1 aliphatic heterocycles. The first-order valence-corrected chi connectivity index (χ1v) is 8.25. The van der Waals surface area contributed by atoms with Crippen LogP contribution in [0, 0.1) is 0 Å². The number of hydrogen-bond acceptors (Lipinski definition) is 3. The lowest BCUT2D eigenvalue weighted by atomic mass is 9.99. The zero-order valence-corrected chi connectivity index (χ0v) is 12.4. The molecule has 19 heavy (non-hydrogen) atoms. The predicted octanol–water partition coefficient (Wildman–Crippen LogP) is 1.84. The number of rotatable bonds is 4. The fraction of sp³-hybridized carbons (Fsp3) is 0.571. The van der Waals surface area contributed by atoms with Crippen LogP contribution >= 0.6 is 0 Å². The molecule has 1 fully saturated rings. The lowest BCUT2D eigenvalue weighted by Crippen LogP contribution is -2.52. The number of likely N-dealkylation sites (N-methyl/N-ethyl adjacent to an activating group) is 1. The maximum atomic E-state index is 12.7. The van der Waals surface area contributed by atoms with Crippen molar-refractivity contribution in [1.82, 2.24) is 9.62 Å². The molecule has 1 aromatic rings. The van der Waals surface area contributed by atoms with Crippen molar-refractivity contribution in [1.29, 1.82) is 0 Å². The Labute approximate surface area is 115 Å². The molecule has 4 nitrogen and oxygen atoms in total. The van der Waals surface area contributed by atoms with Crippen molar-refractivity contribution in [2.45, 2.75) is 43.2 Å². The molecule has 1 N–H and O–H groups in total. The topological polar surface area (TPSA) is 49.4 Å². The Morgan fingerprint density at radius 1 is 1.26 bits per heavy atom. The van der Waals surface area contributed by atoms with Crippen LogP contribution in [0.2, 0.25) is 0 Å². The van der Waals surface area contributed by atoms with Gasteiger partial charge in [0, 0.05) is 18.6 Å². The van der Waals surface area contributed by atoms with Gasteiger partial charge in [-0.2, -0.15) is 4.31 Å². The fourth-order valence-electron chi connectivity index (χ4n) is 2.65. The van der Waals surface area contributed by atoms with Gasteiger partial charge in [-0.1, -0.05) is 24.6 Å². The maximum absolute atomic E-state index is 12.7. The smallest absolute Gasteiger partial charge is 0.243 e. The van der Waals surface area contributed by atoms with Gasteiger partial charge < -0.3 is 5.32 Å². The third-order valence-electron chi connectivity index (χ3n) is 3.88. The van der Waals surface area contributed by atoms with Gasteiger partial charge in [0.05, 0.1) is 4.90 Å². The minimum absolute atomic E-state index is 0.0453. The summed E-state index contributed by atoms with van der Waals surface area (Å²) in [6.45, 7) is 2.66.